The van der Waals surface area contributed by atoms with Crippen LogP contribution in [0.15, 0.2) is 73.1 Å². The van der Waals surface area contributed by atoms with Crippen LogP contribution < -0.4 is 4.90 Å². The maximum atomic E-state index is 9.04. The quantitative estimate of drug-likeness (QED) is 0.510. The molecule has 4 nitrogen and oxygen atoms in total. The highest BCUT2D eigenvalue weighted by molar-refractivity contribution is 5.79. The van der Waals surface area contributed by atoms with Gasteiger partial charge in [-0.25, -0.2) is 4.98 Å². The van der Waals surface area contributed by atoms with Crippen LogP contribution in [0.3, 0.4) is 0 Å². The standard InChI is InChI=1S/C24H22N4/c1-2-18-3-7-20(8-4-18)15-28(16-21-9-5-19(14-25)6-10-21)22-11-12-23-24(13-22)27-17-26-23/h3-13,17H,2,15-16H2,1H3,(H,26,27). The molecule has 3 aromatic carbocycles. The van der Waals surface area contributed by atoms with Gasteiger partial charge in [-0.2, -0.15) is 5.26 Å². The van der Waals surface area contributed by atoms with Gasteiger partial charge in [-0.1, -0.05) is 43.3 Å². The van der Waals surface area contributed by atoms with Crippen molar-refractivity contribution in [2.75, 3.05) is 4.90 Å². The minimum absolute atomic E-state index is 0.684. The zero-order valence-electron chi connectivity index (χ0n) is 15.9. The Kier molecular flexibility index (Phi) is 5.07. The summed E-state index contributed by atoms with van der Waals surface area (Å²) in [5.41, 5.74) is 7.60. The van der Waals surface area contributed by atoms with Crippen molar-refractivity contribution in [3.63, 3.8) is 0 Å². The number of anilines is 1. The molecule has 28 heavy (non-hydrogen) atoms. The van der Waals surface area contributed by atoms with E-state index in [0.29, 0.717) is 5.56 Å². The van der Waals surface area contributed by atoms with E-state index in [0.717, 1.165) is 36.2 Å². The Balaban J connectivity index is 1.65. The molecule has 0 saturated heterocycles. The zero-order valence-corrected chi connectivity index (χ0v) is 15.9. The molecule has 0 aliphatic carbocycles. The van der Waals surface area contributed by atoms with Crippen molar-refractivity contribution < 1.29 is 0 Å². The summed E-state index contributed by atoms with van der Waals surface area (Å²) in [6, 6.07) is 25.1. The minimum Gasteiger partial charge on any atom is -0.363 e. The number of aromatic nitrogens is 2. The maximum Gasteiger partial charge on any atom is 0.0991 e. The Bertz CT molecular complexity index is 1100. The fraction of sp³-hybridized carbons (Fsp3) is 0.167. The third-order valence-electron chi connectivity index (χ3n) is 5.03. The maximum absolute atomic E-state index is 9.04. The van der Waals surface area contributed by atoms with Gasteiger partial charge in [0.2, 0.25) is 0 Å². The third-order valence-corrected chi connectivity index (χ3v) is 5.03. The zero-order chi connectivity index (χ0) is 19.3. The predicted octanol–water partition coefficient (Wildman–Crippen LogP) is 5.20. The second kappa shape index (κ2) is 7.98. The number of nitriles is 1. The third kappa shape index (κ3) is 3.89. The molecule has 1 heterocycles. The summed E-state index contributed by atoms with van der Waals surface area (Å²) in [6.07, 6.45) is 2.77. The van der Waals surface area contributed by atoms with Gasteiger partial charge < -0.3 is 9.88 Å². The van der Waals surface area contributed by atoms with Crippen molar-refractivity contribution in [2.24, 2.45) is 0 Å². The molecule has 138 valence electrons. The molecule has 0 aliphatic heterocycles. The summed E-state index contributed by atoms with van der Waals surface area (Å²) in [4.78, 5) is 9.90. The van der Waals surface area contributed by atoms with Gasteiger partial charge in [0, 0.05) is 18.8 Å². The van der Waals surface area contributed by atoms with Crippen LogP contribution in [0.25, 0.3) is 11.0 Å². The highest BCUT2D eigenvalue weighted by Gasteiger charge is 2.11. The smallest absolute Gasteiger partial charge is 0.0991 e. The molecule has 0 atom stereocenters. The summed E-state index contributed by atoms with van der Waals surface area (Å²) in [6.45, 7) is 3.74. The first-order valence-electron chi connectivity index (χ1n) is 9.50. The predicted molar refractivity (Wildman–Crippen MR) is 113 cm³/mol. The van der Waals surface area contributed by atoms with E-state index in [-0.39, 0.29) is 0 Å². The van der Waals surface area contributed by atoms with Gasteiger partial charge in [-0.15, -0.1) is 0 Å². The van der Waals surface area contributed by atoms with Crippen LogP contribution in [0.5, 0.6) is 0 Å². The van der Waals surface area contributed by atoms with E-state index in [1.54, 1.807) is 6.33 Å². The van der Waals surface area contributed by atoms with E-state index < -0.39 is 0 Å². The minimum atomic E-state index is 0.684. The lowest BCUT2D eigenvalue weighted by atomic mass is 10.1. The molecule has 0 amide bonds. The van der Waals surface area contributed by atoms with Crippen LogP contribution in [-0.2, 0) is 19.5 Å². The number of nitrogens with zero attached hydrogens (tertiary/aromatic N) is 3. The number of aromatic amines is 1. The van der Waals surface area contributed by atoms with Gasteiger partial charge >= 0.3 is 0 Å². The van der Waals surface area contributed by atoms with Gasteiger partial charge in [0.15, 0.2) is 0 Å². The Morgan fingerprint density at radius 2 is 1.54 bits per heavy atom. The number of hydrogen-bond donors (Lipinski definition) is 1. The van der Waals surface area contributed by atoms with Gasteiger partial charge in [0.05, 0.1) is 29.0 Å². The lowest BCUT2D eigenvalue weighted by Crippen LogP contribution is -2.22. The average molecular weight is 366 g/mol. The lowest BCUT2D eigenvalue weighted by molar-refractivity contribution is 0.800. The van der Waals surface area contributed by atoms with Gasteiger partial charge in [0.25, 0.3) is 0 Å². The van der Waals surface area contributed by atoms with Crippen LogP contribution in [0, 0.1) is 11.3 Å². The Morgan fingerprint density at radius 3 is 2.18 bits per heavy atom. The van der Waals surface area contributed by atoms with Gasteiger partial charge in [-0.05, 0) is 53.4 Å². The largest absolute Gasteiger partial charge is 0.363 e. The molecule has 0 saturated carbocycles. The van der Waals surface area contributed by atoms with Crippen molar-refractivity contribution >= 4 is 16.7 Å². The average Bonchev–Trinajstić information content (AvgIpc) is 3.22. The second-order valence-electron chi connectivity index (χ2n) is 6.94. The van der Waals surface area contributed by atoms with Crippen LogP contribution >= 0.6 is 0 Å². The first kappa shape index (κ1) is 17.8. The monoisotopic (exact) mass is 366 g/mol. The number of aryl methyl sites for hydroxylation is 1. The normalized spacial score (nSPS) is 10.7. The molecule has 0 fully saturated rings. The molecular weight excluding hydrogens is 344 g/mol. The molecule has 1 N–H and O–H groups in total. The number of fused-ring (bicyclic) bond motifs is 1. The van der Waals surface area contributed by atoms with Crippen LogP contribution in [0.4, 0.5) is 5.69 Å². The Morgan fingerprint density at radius 1 is 0.893 bits per heavy atom. The molecule has 4 aromatic rings. The summed E-state index contributed by atoms with van der Waals surface area (Å²) in [7, 11) is 0. The van der Waals surface area contributed by atoms with Crippen LogP contribution in [0.1, 0.15) is 29.2 Å². The fourth-order valence-electron chi connectivity index (χ4n) is 3.36. The molecule has 4 heteroatoms. The Hall–Kier alpha value is -3.58. The Labute approximate surface area is 165 Å². The fourth-order valence-corrected chi connectivity index (χ4v) is 3.36. The van der Waals surface area contributed by atoms with Crippen molar-refractivity contribution in [3.8, 4) is 6.07 Å². The van der Waals surface area contributed by atoms with Crippen molar-refractivity contribution in [2.45, 2.75) is 26.4 Å². The van der Waals surface area contributed by atoms with Gasteiger partial charge in [-0.3, -0.25) is 0 Å². The SMILES string of the molecule is CCc1ccc(CN(Cc2ccc(C#N)cc2)c2ccc3[nH]cnc3c2)cc1. The highest BCUT2D eigenvalue weighted by Crippen LogP contribution is 2.24. The van der Waals surface area contributed by atoms with Crippen molar-refractivity contribution in [1.82, 2.24) is 9.97 Å². The van der Waals surface area contributed by atoms with Crippen LogP contribution in [0.2, 0.25) is 0 Å². The number of benzene rings is 3. The molecule has 0 aliphatic rings. The topological polar surface area (TPSA) is 55.7 Å². The molecular formula is C24H22N4. The van der Waals surface area contributed by atoms with E-state index >= 15 is 0 Å². The number of rotatable bonds is 6. The number of nitrogens with one attached hydrogen (secondary N) is 1. The molecule has 0 bridgehead atoms. The van der Waals surface area contributed by atoms with E-state index in [4.69, 9.17) is 5.26 Å². The van der Waals surface area contributed by atoms with E-state index in [2.05, 4.69) is 70.3 Å². The summed E-state index contributed by atoms with van der Waals surface area (Å²) >= 11 is 0. The van der Waals surface area contributed by atoms with E-state index in [9.17, 15) is 0 Å². The molecule has 0 radical (unpaired) electrons. The lowest BCUT2D eigenvalue weighted by Gasteiger charge is -2.25. The molecule has 4 rings (SSSR count). The van der Waals surface area contributed by atoms with Crippen molar-refractivity contribution in [1.29, 1.82) is 5.26 Å². The van der Waals surface area contributed by atoms with Crippen molar-refractivity contribution in [3.05, 3.63) is 95.3 Å². The number of hydrogen-bond acceptors (Lipinski definition) is 3. The first-order chi connectivity index (χ1) is 13.7. The first-order valence-corrected chi connectivity index (χ1v) is 9.50. The molecule has 1 aromatic heterocycles. The summed E-state index contributed by atoms with van der Waals surface area (Å²) in [5, 5.41) is 9.04. The van der Waals surface area contributed by atoms with Gasteiger partial charge in [0.1, 0.15) is 0 Å². The molecule has 0 unspecified atom stereocenters. The summed E-state index contributed by atoms with van der Waals surface area (Å²) < 4.78 is 0. The highest BCUT2D eigenvalue weighted by atomic mass is 15.1. The second-order valence-corrected chi connectivity index (χ2v) is 6.94. The molecule has 0 spiro atoms. The van der Waals surface area contributed by atoms with E-state index in [1.165, 1.54) is 16.7 Å². The van der Waals surface area contributed by atoms with E-state index in [1.807, 2.05) is 24.3 Å². The van der Waals surface area contributed by atoms with Crippen LogP contribution in [-0.4, -0.2) is 9.97 Å². The summed E-state index contributed by atoms with van der Waals surface area (Å²) in [5.74, 6) is 0. The number of H-pyrrole nitrogens is 1. The number of imidazole rings is 1.